The molecule has 0 amide bonds. The Morgan fingerprint density at radius 1 is 1.38 bits per heavy atom. The van der Waals surface area contributed by atoms with Gasteiger partial charge >= 0.3 is 0 Å². The minimum absolute atomic E-state index is 0.0146. The van der Waals surface area contributed by atoms with E-state index in [1.807, 2.05) is 18.2 Å². The van der Waals surface area contributed by atoms with Gasteiger partial charge in [-0.05, 0) is 17.5 Å². The molecule has 0 unspecified atom stereocenters. The van der Waals surface area contributed by atoms with E-state index in [9.17, 15) is 0 Å². The highest BCUT2D eigenvalue weighted by molar-refractivity contribution is 5.29. The molecule has 72 valence electrons. The first-order chi connectivity index (χ1) is 6.29. The molecule has 1 aromatic rings. The van der Waals surface area contributed by atoms with E-state index in [2.05, 4.69) is 13.0 Å². The van der Waals surface area contributed by atoms with Crippen molar-refractivity contribution in [3.8, 4) is 0 Å². The third kappa shape index (κ3) is 2.54. The number of nitrogens with two attached hydrogens (primary N) is 1. The molecule has 2 heteroatoms. The van der Waals surface area contributed by atoms with Crippen molar-refractivity contribution >= 4 is 0 Å². The number of hydrogen-bond donors (Lipinski definition) is 2. The highest BCUT2D eigenvalue weighted by atomic mass is 16.3. The van der Waals surface area contributed by atoms with Gasteiger partial charge in [0, 0.05) is 0 Å². The molecule has 1 rings (SSSR count). The maximum atomic E-state index is 8.96. The molecule has 0 radical (unpaired) electrons. The largest absolute Gasteiger partial charge is 0.394 e. The minimum atomic E-state index is -0.234. The van der Waals surface area contributed by atoms with Crippen LogP contribution in [-0.2, 0) is 6.42 Å². The Hall–Kier alpha value is -0.860. The van der Waals surface area contributed by atoms with E-state index < -0.39 is 0 Å². The van der Waals surface area contributed by atoms with Gasteiger partial charge in [-0.2, -0.15) is 0 Å². The molecule has 0 saturated carbocycles. The van der Waals surface area contributed by atoms with Gasteiger partial charge in [0.05, 0.1) is 12.6 Å². The van der Waals surface area contributed by atoms with Gasteiger partial charge in [0.25, 0.3) is 0 Å². The van der Waals surface area contributed by atoms with Crippen LogP contribution in [0.4, 0.5) is 0 Å². The second-order valence-electron chi connectivity index (χ2n) is 3.24. The van der Waals surface area contributed by atoms with Crippen LogP contribution in [0.5, 0.6) is 0 Å². The van der Waals surface area contributed by atoms with Gasteiger partial charge in [-0.15, -0.1) is 0 Å². The van der Waals surface area contributed by atoms with Gasteiger partial charge < -0.3 is 10.8 Å². The summed E-state index contributed by atoms with van der Waals surface area (Å²) in [5.41, 5.74) is 8.11. The molecule has 2 nitrogen and oxygen atoms in total. The molecular formula is C11H17NO. The van der Waals surface area contributed by atoms with Gasteiger partial charge in [0.2, 0.25) is 0 Å². The van der Waals surface area contributed by atoms with Crippen molar-refractivity contribution in [1.29, 1.82) is 0 Å². The molecule has 13 heavy (non-hydrogen) atoms. The Morgan fingerprint density at radius 2 is 2.08 bits per heavy atom. The number of hydrogen-bond acceptors (Lipinski definition) is 2. The molecule has 0 bridgehead atoms. The molecule has 0 spiro atoms. The predicted octanol–water partition coefficient (Wildman–Crippen LogP) is 1.63. The molecule has 0 saturated heterocycles. The fraction of sp³-hybridized carbons (Fsp3) is 0.455. The Kier molecular flexibility index (Phi) is 3.93. The average molecular weight is 179 g/mol. The maximum Gasteiger partial charge on any atom is 0.0624 e. The normalized spacial score (nSPS) is 12.8. The number of aliphatic hydroxyl groups excluding tert-OH is 1. The molecule has 0 aliphatic rings. The van der Waals surface area contributed by atoms with E-state index in [-0.39, 0.29) is 12.6 Å². The van der Waals surface area contributed by atoms with Crippen LogP contribution >= 0.6 is 0 Å². The third-order valence-electron chi connectivity index (χ3n) is 2.17. The summed E-state index contributed by atoms with van der Waals surface area (Å²) in [4.78, 5) is 0. The van der Waals surface area contributed by atoms with Gasteiger partial charge in [0.1, 0.15) is 0 Å². The van der Waals surface area contributed by atoms with Crippen molar-refractivity contribution in [3.05, 3.63) is 35.4 Å². The van der Waals surface area contributed by atoms with Crippen LogP contribution in [0, 0.1) is 0 Å². The number of rotatable bonds is 4. The van der Waals surface area contributed by atoms with Gasteiger partial charge in [-0.3, -0.25) is 0 Å². The number of aryl methyl sites for hydroxylation is 1. The van der Waals surface area contributed by atoms with Crippen molar-refractivity contribution in [2.75, 3.05) is 6.61 Å². The first-order valence-electron chi connectivity index (χ1n) is 4.73. The Balaban J connectivity index is 2.90. The fourth-order valence-corrected chi connectivity index (χ4v) is 1.49. The van der Waals surface area contributed by atoms with E-state index in [0.717, 1.165) is 18.4 Å². The molecule has 0 aromatic heterocycles. The summed E-state index contributed by atoms with van der Waals surface area (Å²) in [6.07, 6.45) is 2.14. The van der Waals surface area contributed by atoms with E-state index >= 15 is 0 Å². The van der Waals surface area contributed by atoms with Crippen molar-refractivity contribution in [3.63, 3.8) is 0 Å². The first-order valence-corrected chi connectivity index (χ1v) is 4.73. The molecule has 0 heterocycles. The van der Waals surface area contributed by atoms with Crippen molar-refractivity contribution in [2.45, 2.75) is 25.8 Å². The van der Waals surface area contributed by atoms with Gasteiger partial charge in [0.15, 0.2) is 0 Å². The second kappa shape index (κ2) is 5.00. The Labute approximate surface area is 79.4 Å². The molecule has 1 aromatic carbocycles. The monoisotopic (exact) mass is 179 g/mol. The van der Waals surface area contributed by atoms with Crippen LogP contribution in [0.15, 0.2) is 24.3 Å². The zero-order valence-corrected chi connectivity index (χ0v) is 8.03. The van der Waals surface area contributed by atoms with E-state index in [1.54, 1.807) is 0 Å². The second-order valence-corrected chi connectivity index (χ2v) is 3.24. The zero-order valence-electron chi connectivity index (χ0n) is 8.03. The fourth-order valence-electron chi connectivity index (χ4n) is 1.49. The Morgan fingerprint density at radius 3 is 2.69 bits per heavy atom. The SMILES string of the molecule is CCCc1ccccc1[C@@H](N)CO. The summed E-state index contributed by atoms with van der Waals surface area (Å²) in [5, 5.41) is 8.96. The summed E-state index contributed by atoms with van der Waals surface area (Å²) in [6, 6.07) is 7.81. The molecule has 3 N–H and O–H groups in total. The molecule has 0 aliphatic carbocycles. The Bertz CT molecular complexity index is 260. The van der Waals surface area contributed by atoms with Crippen LogP contribution < -0.4 is 5.73 Å². The minimum Gasteiger partial charge on any atom is -0.394 e. The molecule has 1 atom stereocenters. The summed E-state index contributed by atoms with van der Waals surface area (Å²) in [7, 11) is 0. The van der Waals surface area contributed by atoms with Crippen molar-refractivity contribution in [2.24, 2.45) is 5.73 Å². The first kappa shape index (κ1) is 10.2. The van der Waals surface area contributed by atoms with E-state index in [0.29, 0.717) is 0 Å². The van der Waals surface area contributed by atoms with E-state index in [1.165, 1.54) is 5.56 Å². The van der Waals surface area contributed by atoms with E-state index in [4.69, 9.17) is 10.8 Å². The quantitative estimate of drug-likeness (QED) is 0.738. The molecular weight excluding hydrogens is 162 g/mol. The molecule has 0 aliphatic heterocycles. The lowest BCUT2D eigenvalue weighted by Gasteiger charge is -2.13. The number of benzene rings is 1. The van der Waals surface area contributed by atoms with Crippen LogP contribution in [0.3, 0.4) is 0 Å². The zero-order chi connectivity index (χ0) is 9.68. The predicted molar refractivity (Wildman–Crippen MR) is 54.5 cm³/mol. The lowest BCUT2D eigenvalue weighted by atomic mass is 9.98. The van der Waals surface area contributed by atoms with Crippen molar-refractivity contribution in [1.82, 2.24) is 0 Å². The topological polar surface area (TPSA) is 46.2 Å². The van der Waals surface area contributed by atoms with Crippen LogP contribution in [0.25, 0.3) is 0 Å². The highest BCUT2D eigenvalue weighted by Crippen LogP contribution is 2.16. The van der Waals surface area contributed by atoms with Gasteiger partial charge in [-0.1, -0.05) is 37.6 Å². The third-order valence-corrected chi connectivity index (χ3v) is 2.17. The summed E-state index contributed by atoms with van der Waals surface area (Å²) in [6.45, 7) is 2.15. The van der Waals surface area contributed by atoms with Crippen LogP contribution in [-0.4, -0.2) is 11.7 Å². The van der Waals surface area contributed by atoms with Crippen LogP contribution in [0.2, 0.25) is 0 Å². The number of aliphatic hydroxyl groups is 1. The summed E-state index contributed by atoms with van der Waals surface area (Å²) in [5.74, 6) is 0. The van der Waals surface area contributed by atoms with Crippen molar-refractivity contribution < 1.29 is 5.11 Å². The van der Waals surface area contributed by atoms with Crippen LogP contribution in [0.1, 0.15) is 30.5 Å². The standard InChI is InChI=1S/C11H17NO/c1-2-5-9-6-3-4-7-10(9)11(12)8-13/h3-4,6-7,11,13H,2,5,8,12H2,1H3/t11-/m0/s1. The lowest BCUT2D eigenvalue weighted by molar-refractivity contribution is 0.267. The highest BCUT2D eigenvalue weighted by Gasteiger charge is 2.07. The molecule has 0 fully saturated rings. The summed E-state index contributed by atoms with van der Waals surface area (Å²) >= 11 is 0. The smallest absolute Gasteiger partial charge is 0.0624 e. The average Bonchev–Trinajstić information content (AvgIpc) is 2.18. The maximum absolute atomic E-state index is 8.96. The van der Waals surface area contributed by atoms with Gasteiger partial charge in [-0.25, -0.2) is 0 Å². The summed E-state index contributed by atoms with van der Waals surface area (Å²) < 4.78 is 0. The lowest BCUT2D eigenvalue weighted by Crippen LogP contribution is -2.16.